The van der Waals surface area contributed by atoms with E-state index in [1.54, 1.807) is 18.5 Å². The maximum absolute atomic E-state index is 5.98. The summed E-state index contributed by atoms with van der Waals surface area (Å²) in [7, 11) is 0. The summed E-state index contributed by atoms with van der Waals surface area (Å²) in [4.78, 5) is 13.0. The van der Waals surface area contributed by atoms with E-state index in [1.807, 2.05) is 30.3 Å². The SMILES string of the molecule is Cl.Clc1ccc2ccccc2n1.c1cnc(C2CCOCC2)c(O[C@H]2CCNC2)n1. The molecule has 30 heavy (non-hydrogen) atoms. The Balaban J connectivity index is 0.000000184. The normalized spacial score (nSPS) is 18.9. The van der Waals surface area contributed by atoms with Gasteiger partial charge in [-0.3, -0.25) is 4.98 Å². The van der Waals surface area contributed by atoms with E-state index in [1.165, 1.54) is 0 Å². The molecular formula is C22H26Cl2N4O2. The third-order valence-corrected chi connectivity index (χ3v) is 5.37. The number of benzene rings is 1. The summed E-state index contributed by atoms with van der Waals surface area (Å²) in [5.41, 5.74) is 1.95. The highest BCUT2D eigenvalue weighted by atomic mass is 35.5. The molecule has 0 amide bonds. The second-order valence-electron chi connectivity index (χ2n) is 7.19. The molecule has 1 N–H and O–H groups in total. The molecule has 1 aromatic carbocycles. The highest BCUT2D eigenvalue weighted by Gasteiger charge is 2.24. The van der Waals surface area contributed by atoms with E-state index in [4.69, 9.17) is 21.1 Å². The van der Waals surface area contributed by atoms with Crippen molar-refractivity contribution in [2.24, 2.45) is 0 Å². The molecule has 6 nitrogen and oxygen atoms in total. The maximum Gasteiger partial charge on any atom is 0.236 e. The molecule has 3 aromatic rings. The number of nitrogens with zero attached hydrogens (tertiary/aromatic N) is 3. The second kappa shape index (κ2) is 11.4. The summed E-state index contributed by atoms with van der Waals surface area (Å²) in [6, 6.07) is 11.7. The van der Waals surface area contributed by atoms with E-state index in [-0.39, 0.29) is 18.5 Å². The zero-order valence-electron chi connectivity index (χ0n) is 16.7. The first-order valence-corrected chi connectivity index (χ1v) is 10.4. The maximum atomic E-state index is 5.98. The molecule has 0 bridgehead atoms. The molecule has 1 atom stereocenters. The Morgan fingerprint density at radius 1 is 1.00 bits per heavy atom. The molecule has 8 heteroatoms. The highest BCUT2D eigenvalue weighted by Crippen LogP contribution is 2.31. The van der Waals surface area contributed by atoms with Gasteiger partial charge >= 0.3 is 0 Å². The van der Waals surface area contributed by atoms with Crippen molar-refractivity contribution in [2.45, 2.75) is 31.3 Å². The van der Waals surface area contributed by atoms with Crippen LogP contribution in [0.15, 0.2) is 48.8 Å². The van der Waals surface area contributed by atoms with Crippen LogP contribution in [-0.2, 0) is 4.74 Å². The van der Waals surface area contributed by atoms with Gasteiger partial charge in [-0.2, -0.15) is 0 Å². The number of nitrogens with one attached hydrogen (secondary N) is 1. The van der Waals surface area contributed by atoms with E-state index in [0.29, 0.717) is 11.1 Å². The van der Waals surface area contributed by atoms with E-state index in [2.05, 4.69) is 20.3 Å². The van der Waals surface area contributed by atoms with E-state index in [9.17, 15) is 0 Å². The second-order valence-corrected chi connectivity index (χ2v) is 7.58. The quantitative estimate of drug-likeness (QED) is 0.597. The first-order valence-electron chi connectivity index (χ1n) is 10.1. The molecule has 5 rings (SSSR count). The third kappa shape index (κ3) is 6.01. The molecular weight excluding hydrogens is 423 g/mol. The number of para-hydroxylation sites is 1. The Kier molecular flexibility index (Phi) is 8.63. The minimum atomic E-state index is 0. The number of pyridine rings is 1. The lowest BCUT2D eigenvalue weighted by Gasteiger charge is -2.23. The van der Waals surface area contributed by atoms with Crippen LogP contribution in [0, 0.1) is 0 Å². The van der Waals surface area contributed by atoms with E-state index >= 15 is 0 Å². The predicted molar refractivity (Wildman–Crippen MR) is 121 cm³/mol. The van der Waals surface area contributed by atoms with Gasteiger partial charge in [-0.25, -0.2) is 9.97 Å². The Bertz CT molecular complexity index is 932. The van der Waals surface area contributed by atoms with Crippen molar-refractivity contribution in [2.75, 3.05) is 26.3 Å². The summed E-state index contributed by atoms with van der Waals surface area (Å²) in [6.07, 6.45) is 6.77. The average molecular weight is 449 g/mol. The zero-order chi connectivity index (χ0) is 19.9. The molecule has 160 valence electrons. The van der Waals surface area contributed by atoms with Crippen LogP contribution >= 0.6 is 24.0 Å². The van der Waals surface area contributed by atoms with Gasteiger partial charge in [0.15, 0.2) is 0 Å². The van der Waals surface area contributed by atoms with E-state index in [0.717, 1.165) is 68.0 Å². The van der Waals surface area contributed by atoms with Crippen molar-refractivity contribution >= 4 is 34.9 Å². The third-order valence-electron chi connectivity index (χ3n) is 5.16. The fourth-order valence-corrected chi connectivity index (χ4v) is 3.76. The topological polar surface area (TPSA) is 69.2 Å². The number of aromatic nitrogens is 3. The Hall–Kier alpha value is -1.99. The van der Waals surface area contributed by atoms with Crippen LogP contribution in [-0.4, -0.2) is 47.4 Å². The molecule has 2 fully saturated rings. The van der Waals surface area contributed by atoms with Crippen molar-refractivity contribution in [1.82, 2.24) is 20.3 Å². The van der Waals surface area contributed by atoms with Crippen LogP contribution in [0.3, 0.4) is 0 Å². The molecule has 2 saturated heterocycles. The molecule has 2 aromatic heterocycles. The molecule has 0 radical (unpaired) electrons. The van der Waals surface area contributed by atoms with Gasteiger partial charge in [-0.05, 0) is 44.0 Å². The highest BCUT2D eigenvalue weighted by molar-refractivity contribution is 6.29. The standard InChI is InChI=1S/C13H19N3O2.C9H6ClN.ClH/c1-4-14-9-11(1)18-13-12(15-5-6-16-13)10-2-7-17-8-3-10;10-9-6-5-7-3-1-2-4-8(7)11-9;/h5-6,10-11,14H,1-4,7-9H2;1-6H;1H/t11-;;/m0../s1. The fourth-order valence-electron chi connectivity index (χ4n) is 3.61. The number of ether oxygens (including phenoxy) is 2. The van der Waals surface area contributed by atoms with Gasteiger partial charge in [-0.15, -0.1) is 12.4 Å². The number of rotatable bonds is 3. The van der Waals surface area contributed by atoms with Crippen LogP contribution in [0.2, 0.25) is 5.15 Å². The van der Waals surface area contributed by atoms with E-state index < -0.39 is 0 Å². The van der Waals surface area contributed by atoms with Crippen molar-refractivity contribution in [3.63, 3.8) is 0 Å². The van der Waals surface area contributed by atoms with Crippen LogP contribution in [0.4, 0.5) is 0 Å². The summed E-state index contributed by atoms with van der Waals surface area (Å²) < 4.78 is 11.4. The Morgan fingerprint density at radius 3 is 2.60 bits per heavy atom. The van der Waals surface area contributed by atoms with Gasteiger partial charge in [0.1, 0.15) is 17.0 Å². The van der Waals surface area contributed by atoms with Crippen LogP contribution < -0.4 is 10.1 Å². The lowest BCUT2D eigenvalue weighted by atomic mass is 9.96. The van der Waals surface area contributed by atoms with Gasteiger partial charge in [-0.1, -0.05) is 29.8 Å². The van der Waals surface area contributed by atoms with Gasteiger partial charge in [0.2, 0.25) is 5.88 Å². The fraction of sp³-hybridized carbons (Fsp3) is 0.409. The Morgan fingerprint density at radius 2 is 1.80 bits per heavy atom. The minimum Gasteiger partial charge on any atom is -0.472 e. The molecule has 0 unspecified atom stereocenters. The lowest BCUT2D eigenvalue weighted by Crippen LogP contribution is -2.22. The summed E-state index contributed by atoms with van der Waals surface area (Å²) in [5.74, 6) is 1.15. The van der Waals surface area contributed by atoms with Gasteiger partial charge < -0.3 is 14.8 Å². The average Bonchev–Trinajstić information content (AvgIpc) is 3.28. The first-order chi connectivity index (χ1) is 14.3. The van der Waals surface area contributed by atoms with Crippen molar-refractivity contribution < 1.29 is 9.47 Å². The molecule has 4 heterocycles. The summed E-state index contributed by atoms with van der Waals surface area (Å²) >= 11 is 5.71. The Labute approximate surface area is 187 Å². The molecule has 0 aliphatic carbocycles. The number of hydrogen-bond acceptors (Lipinski definition) is 6. The molecule has 2 aliphatic rings. The minimum absolute atomic E-state index is 0. The molecule has 0 spiro atoms. The lowest BCUT2D eigenvalue weighted by molar-refractivity contribution is 0.0829. The van der Waals surface area contributed by atoms with Gasteiger partial charge in [0.05, 0.1) is 5.52 Å². The van der Waals surface area contributed by atoms with Gasteiger partial charge in [0, 0.05) is 43.5 Å². The van der Waals surface area contributed by atoms with Crippen LogP contribution in [0.5, 0.6) is 5.88 Å². The summed E-state index contributed by atoms with van der Waals surface area (Å²) in [5, 5.41) is 4.97. The van der Waals surface area contributed by atoms with Crippen LogP contribution in [0.25, 0.3) is 10.9 Å². The number of fused-ring (bicyclic) bond motifs is 1. The van der Waals surface area contributed by atoms with Crippen molar-refractivity contribution in [1.29, 1.82) is 0 Å². The summed E-state index contributed by atoms with van der Waals surface area (Å²) in [6.45, 7) is 3.55. The van der Waals surface area contributed by atoms with Crippen LogP contribution in [0.1, 0.15) is 30.9 Å². The first kappa shape index (κ1) is 22.7. The largest absolute Gasteiger partial charge is 0.472 e. The van der Waals surface area contributed by atoms with Crippen molar-refractivity contribution in [3.8, 4) is 5.88 Å². The predicted octanol–water partition coefficient (Wildman–Crippen LogP) is 4.42. The molecule has 0 saturated carbocycles. The number of hydrogen-bond donors (Lipinski definition) is 1. The monoisotopic (exact) mass is 448 g/mol. The smallest absolute Gasteiger partial charge is 0.236 e. The van der Waals surface area contributed by atoms with Gasteiger partial charge in [0.25, 0.3) is 0 Å². The number of halogens is 2. The van der Waals surface area contributed by atoms with Crippen molar-refractivity contribution in [3.05, 3.63) is 59.6 Å². The molecule has 2 aliphatic heterocycles. The zero-order valence-corrected chi connectivity index (χ0v) is 18.2.